The van der Waals surface area contributed by atoms with Gasteiger partial charge in [-0.2, -0.15) is 0 Å². The monoisotopic (exact) mass is 259 g/mol. The lowest BCUT2D eigenvalue weighted by atomic mass is 10.2. The van der Waals surface area contributed by atoms with E-state index in [1.54, 1.807) is 13.1 Å². The van der Waals surface area contributed by atoms with Crippen LogP contribution in [0, 0.1) is 6.92 Å². The third-order valence-electron chi connectivity index (χ3n) is 3.22. The second-order valence-electron chi connectivity index (χ2n) is 4.43. The van der Waals surface area contributed by atoms with E-state index >= 15 is 0 Å². The lowest BCUT2D eigenvalue weighted by molar-refractivity contribution is 0.0695. The summed E-state index contributed by atoms with van der Waals surface area (Å²) >= 11 is 0. The maximum absolute atomic E-state index is 10.9. The molecule has 0 fully saturated rings. The molecule has 98 valence electrons. The van der Waals surface area contributed by atoms with Gasteiger partial charge in [-0.05, 0) is 6.92 Å². The molecule has 2 aromatic heterocycles. The molecule has 19 heavy (non-hydrogen) atoms. The van der Waals surface area contributed by atoms with Crippen LogP contribution in [0.25, 0.3) is 0 Å². The quantitative estimate of drug-likeness (QED) is 0.854. The summed E-state index contributed by atoms with van der Waals surface area (Å²) in [5, 5.41) is 8.96. The highest BCUT2D eigenvalue weighted by molar-refractivity contribution is 5.88. The van der Waals surface area contributed by atoms with Crippen molar-refractivity contribution in [3.63, 3.8) is 0 Å². The number of rotatable bonds is 2. The zero-order valence-corrected chi connectivity index (χ0v) is 10.4. The summed E-state index contributed by atoms with van der Waals surface area (Å²) in [5.74, 6) is 0.518. The number of anilines is 1. The summed E-state index contributed by atoms with van der Waals surface area (Å²) in [7, 11) is 0. The smallest absolute Gasteiger partial charge is 0.339 e. The number of imidazole rings is 1. The Morgan fingerprint density at radius 2 is 2.21 bits per heavy atom. The van der Waals surface area contributed by atoms with Gasteiger partial charge in [0.1, 0.15) is 5.82 Å². The number of aromatic carboxylic acids is 1. The minimum absolute atomic E-state index is 0.141. The third-order valence-corrected chi connectivity index (χ3v) is 3.22. The number of hydrogen-bond acceptors (Lipinski definition) is 5. The van der Waals surface area contributed by atoms with Gasteiger partial charge in [0.2, 0.25) is 5.95 Å². The summed E-state index contributed by atoms with van der Waals surface area (Å²) in [4.78, 5) is 25.6. The molecule has 1 aliphatic heterocycles. The molecule has 0 bridgehead atoms. The second kappa shape index (κ2) is 4.34. The minimum atomic E-state index is -1.00. The fourth-order valence-electron chi connectivity index (χ4n) is 2.16. The number of fused-ring (bicyclic) bond motifs is 1. The molecule has 0 saturated heterocycles. The minimum Gasteiger partial charge on any atom is -0.478 e. The van der Waals surface area contributed by atoms with Gasteiger partial charge in [-0.3, -0.25) is 0 Å². The van der Waals surface area contributed by atoms with Gasteiger partial charge >= 0.3 is 5.97 Å². The first-order valence-electron chi connectivity index (χ1n) is 5.97. The number of carboxylic acids is 1. The molecule has 0 unspecified atom stereocenters. The van der Waals surface area contributed by atoms with E-state index in [0.29, 0.717) is 18.2 Å². The maximum Gasteiger partial charge on any atom is 0.339 e. The van der Waals surface area contributed by atoms with E-state index in [0.717, 1.165) is 18.9 Å². The summed E-state index contributed by atoms with van der Waals surface area (Å²) in [5.41, 5.74) is 0.619. The Balaban J connectivity index is 1.88. The van der Waals surface area contributed by atoms with Crippen LogP contribution in [0.4, 0.5) is 5.95 Å². The molecular formula is C12H13N5O2. The second-order valence-corrected chi connectivity index (χ2v) is 4.43. The largest absolute Gasteiger partial charge is 0.478 e. The van der Waals surface area contributed by atoms with Crippen molar-refractivity contribution in [2.75, 3.05) is 11.4 Å². The fraction of sp³-hybridized carbons (Fsp3) is 0.333. The van der Waals surface area contributed by atoms with E-state index in [1.807, 2.05) is 11.1 Å². The summed E-state index contributed by atoms with van der Waals surface area (Å²) in [6, 6.07) is 0. The van der Waals surface area contributed by atoms with Gasteiger partial charge in [-0.25, -0.2) is 19.7 Å². The first kappa shape index (κ1) is 11.6. The first-order valence-corrected chi connectivity index (χ1v) is 5.97. The van der Waals surface area contributed by atoms with E-state index in [-0.39, 0.29) is 5.56 Å². The van der Waals surface area contributed by atoms with Gasteiger partial charge < -0.3 is 14.6 Å². The van der Waals surface area contributed by atoms with Gasteiger partial charge in [0, 0.05) is 31.7 Å². The molecule has 0 atom stereocenters. The van der Waals surface area contributed by atoms with E-state index in [2.05, 4.69) is 19.5 Å². The van der Waals surface area contributed by atoms with E-state index in [4.69, 9.17) is 5.11 Å². The molecule has 0 radical (unpaired) electrons. The molecule has 3 heterocycles. The highest BCUT2D eigenvalue weighted by Gasteiger charge is 2.20. The van der Waals surface area contributed by atoms with Crippen molar-refractivity contribution in [3.05, 3.63) is 35.7 Å². The Morgan fingerprint density at radius 1 is 1.37 bits per heavy atom. The maximum atomic E-state index is 10.9. The first-order chi connectivity index (χ1) is 9.15. The summed E-state index contributed by atoms with van der Waals surface area (Å²) < 4.78 is 2.09. The molecule has 1 aliphatic rings. The Morgan fingerprint density at radius 3 is 2.95 bits per heavy atom. The summed E-state index contributed by atoms with van der Waals surface area (Å²) in [6.45, 7) is 3.94. The van der Waals surface area contributed by atoms with E-state index in [1.165, 1.54) is 6.20 Å². The fourth-order valence-corrected chi connectivity index (χ4v) is 2.16. The molecule has 7 heteroatoms. The van der Waals surface area contributed by atoms with Crippen molar-refractivity contribution in [1.82, 2.24) is 19.5 Å². The molecule has 0 amide bonds. The van der Waals surface area contributed by atoms with Gasteiger partial charge in [-0.1, -0.05) is 0 Å². The van der Waals surface area contributed by atoms with Crippen LogP contribution in [0.2, 0.25) is 0 Å². The lowest BCUT2D eigenvalue weighted by Gasteiger charge is -2.27. The molecule has 1 N–H and O–H groups in total. The van der Waals surface area contributed by atoms with Gasteiger partial charge in [0.15, 0.2) is 0 Å². The molecule has 2 aromatic rings. The van der Waals surface area contributed by atoms with Crippen molar-refractivity contribution in [2.45, 2.75) is 20.0 Å². The predicted molar refractivity (Wildman–Crippen MR) is 67.0 cm³/mol. The molecule has 3 rings (SSSR count). The predicted octanol–water partition coefficient (Wildman–Crippen LogP) is 0.700. The Bertz CT molecular complexity index is 637. The third kappa shape index (κ3) is 2.03. The van der Waals surface area contributed by atoms with Gasteiger partial charge in [-0.15, -0.1) is 0 Å². The highest BCUT2D eigenvalue weighted by atomic mass is 16.4. The molecule has 0 saturated carbocycles. The van der Waals surface area contributed by atoms with Crippen molar-refractivity contribution < 1.29 is 9.90 Å². The van der Waals surface area contributed by atoms with Crippen LogP contribution in [0.5, 0.6) is 0 Å². The van der Waals surface area contributed by atoms with Crippen LogP contribution in [0.1, 0.15) is 21.9 Å². The Kier molecular flexibility index (Phi) is 2.66. The van der Waals surface area contributed by atoms with Crippen LogP contribution in [-0.4, -0.2) is 37.1 Å². The van der Waals surface area contributed by atoms with Crippen LogP contribution in [-0.2, 0) is 13.1 Å². The van der Waals surface area contributed by atoms with E-state index in [9.17, 15) is 4.79 Å². The van der Waals surface area contributed by atoms with Crippen molar-refractivity contribution >= 4 is 11.9 Å². The zero-order valence-electron chi connectivity index (χ0n) is 10.4. The van der Waals surface area contributed by atoms with Crippen molar-refractivity contribution in [3.8, 4) is 0 Å². The number of aryl methyl sites for hydroxylation is 1. The Labute approximate surface area is 109 Å². The van der Waals surface area contributed by atoms with Crippen LogP contribution >= 0.6 is 0 Å². The molecule has 0 aliphatic carbocycles. The zero-order chi connectivity index (χ0) is 13.4. The summed E-state index contributed by atoms with van der Waals surface area (Å²) in [6.07, 6.45) is 5.09. The average Bonchev–Trinajstić information content (AvgIpc) is 2.85. The molecular weight excluding hydrogens is 246 g/mol. The van der Waals surface area contributed by atoms with Crippen LogP contribution in [0.3, 0.4) is 0 Å². The van der Waals surface area contributed by atoms with Crippen molar-refractivity contribution in [1.29, 1.82) is 0 Å². The highest BCUT2D eigenvalue weighted by Crippen LogP contribution is 2.17. The average molecular weight is 259 g/mol. The molecule has 0 aromatic carbocycles. The Hall–Kier alpha value is -2.44. The van der Waals surface area contributed by atoms with Crippen LogP contribution < -0.4 is 4.90 Å². The molecule has 0 spiro atoms. The standard InChI is InChI=1S/C12H13N5O2/c1-8-9(11(18)19)6-14-12(15-8)17-5-4-16-3-2-13-10(16)7-17/h2-3,6H,4-5,7H2,1H3,(H,18,19). The topological polar surface area (TPSA) is 84.1 Å². The van der Waals surface area contributed by atoms with E-state index < -0.39 is 5.97 Å². The van der Waals surface area contributed by atoms with Gasteiger partial charge in [0.05, 0.1) is 17.8 Å². The van der Waals surface area contributed by atoms with Gasteiger partial charge in [0.25, 0.3) is 0 Å². The SMILES string of the molecule is Cc1nc(N2CCn3ccnc3C2)ncc1C(=O)O. The van der Waals surface area contributed by atoms with Crippen LogP contribution in [0.15, 0.2) is 18.6 Å². The molecule has 7 nitrogen and oxygen atoms in total. The number of carboxylic acid groups (broad SMARTS) is 1. The number of nitrogens with zero attached hydrogens (tertiary/aromatic N) is 5. The van der Waals surface area contributed by atoms with Crippen molar-refractivity contribution in [2.24, 2.45) is 0 Å². The normalized spacial score (nSPS) is 14.3. The number of carbonyl (C=O) groups is 1. The lowest BCUT2D eigenvalue weighted by Crippen LogP contribution is -2.35. The number of hydrogen-bond donors (Lipinski definition) is 1. The number of aromatic nitrogens is 4.